The van der Waals surface area contributed by atoms with Gasteiger partial charge < -0.3 is 15.2 Å². The minimum Gasteiger partial charge on any atom is -0.423 e. The molecule has 4 heteroatoms. The van der Waals surface area contributed by atoms with E-state index in [1.54, 1.807) is 24.3 Å². The molecule has 0 amide bonds. The molecule has 0 saturated carbocycles. The van der Waals surface area contributed by atoms with Crippen molar-refractivity contribution in [1.82, 2.24) is 0 Å². The second-order valence-corrected chi connectivity index (χ2v) is 5.23. The number of carbonyl (C=O) groups is 1. The molecular formula is C18H22NO3+. The maximum absolute atomic E-state index is 12.2. The molecule has 0 aliphatic rings. The highest BCUT2D eigenvalue weighted by atomic mass is 16.5. The molecule has 22 heavy (non-hydrogen) atoms. The molecule has 0 saturated heterocycles. The molecule has 0 aliphatic heterocycles. The number of likely N-dealkylation sites (N-methyl/N-ethyl adjacent to an activating group) is 1. The fraction of sp³-hybridized carbons (Fsp3) is 0.278. The van der Waals surface area contributed by atoms with Crippen LogP contribution in [0.1, 0.15) is 34.5 Å². The van der Waals surface area contributed by atoms with Crippen LogP contribution in [0.25, 0.3) is 0 Å². The van der Waals surface area contributed by atoms with Crippen molar-refractivity contribution in [3.05, 3.63) is 65.2 Å². The summed E-state index contributed by atoms with van der Waals surface area (Å²) in [6.45, 7) is 5.41. The minimum atomic E-state index is -0.572. The molecule has 1 atom stereocenters. The van der Waals surface area contributed by atoms with E-state index in [4.69, 9.17) is 4.74 Å². The van der Waals surface area contributed by atoms with Gasteiger partial charge >= 0.3 is 5.97 Å². The summed E-state index contributed by atoms with van der Waals surface area (Å²) in [7, 11) is 0. The summed E-state index contributed by atoms with van der Waals surface area (Å²) in [5, 5.41) is 12.1. The van der Waals surface area contributed by atoms with Crippen LogP contribution in [0.15, 0.2) is 48.5 Å². The van der Waals surface area contributed by atoms with Crippen molar-refractivity contribution in [3.8, 4) is 5.75 Å². The number of ether oxygens (including phenoxy) is 1. The summed E-state index contributed by atoms with van der Waals surface area (Å²) in [5.41, 5.74) is 2.17. The average molecular weight is 300 g/mol. The van der Waals surface area contributed by atoms with Crippen LogP contribution in [0.3, 0.4) is 0 Å². The smallest absolute Gasteiger partial charge is 0.343 e. The Morgan fingerprint density at radius 1 is 1.23 bits per heavy atom. The Kier molecular flexibility index (Phi) is 5.69. The van der Waals surface area contributed by atoms with Crippen LogP contribution in [0.4, 0.5) is 0 Å². The lowest BCUT2D eigenvalue weighted by atomic mass is 10.1. The summed E-state index contributed by atoms with van der Waals surface area (Å²) in [4.78, 5) is 12.2. The Balaban J connectivity index is 2.10. The van der Waals surface area contributed by atoms with Gasteiger partial charge in [0.2, 0.25) is 0 Å². The van der Waals surface area contributed by atoms with Crippen molar-refractivity contribution in [2.75, 3.05) is 13.1 Å². The molecule has 0 unspecified atom stereocenters. The number of esters is 1. The number of rotatable bonds is 6. The number of nitrogens with two attached hydrogens (primary N) is 1. The Bertz CT molecular complexity index is 640. The molecule has 0 aromatic heterocycles. The number of aryl methyl sites for hydroxylation is 1. The first-order chi connectivity index (χ1) is 10.6. The van der Waals surface area contributed by atoms with E-state index in [0.717, 1.165) is 17.7 Å². The molecule has 2 aromatic carbocycles. The van der Waals surface area contributed by atoms with Gasteiger partial charge in [-0.05, 0) is 43.2 Å². The zero-order chi connectivity index (χ0) is 15.9. The lowest BCUT2D eigenvalue weighted by Crippen LogP contribution is -2.84. The van der Waals surface area contributed by atoms with E-state index >= 15 is 0 Å². The van der Waals surface area contributed by atoms with Gasteiger partial charge in [0.15, 0.2) is 0 Å². The Morgan fingerprint density at radius 2 is 2.00 bits per heavy atom. The maximum Gasteiger partial charge on any atom is 0.343 e. The average Bonchev–Trinajstić information content (AvgIpc) is 2.53. The summed E-state index contributed by atoms with van der Waals surface area (Å²) in [6.07, 6.45) is -0.572. The van der Waals surface area contributed by atoms with Crippen molar-refractivity contribution < 1.29 is 20.0 Å². The third kappa shape index (κ3) is 4.16. The van der Waals surface area contributed by atoms with E-state index in [9.17, 15) is 9.90 Å². The second kappa shape index (κ2) is 7.73. The van der Waals surface area contributed by atoms with Crippen molar-refractivity contribution in [2.45, 2.75) is 20.0 Å². The van der Waals surface area contributed by atoms with Crippen LogP contribution in [0, 0.1) is 6.92 Å². The number of hydrogen-bond donors (Lipinski definition) is 2. The van der Waals surface area contributed by atoms with E-state index < -0.39 is 6.10 Å². The highest BCUT2D eigenvalue weighted by Crippen LogP contribution is 2.20. The quantitative estimate of drug-likeness (QED) is 0.632. The first-order valence-corrected chi connectivity index (χ1v) is 7.49. The Morgan fingerprint density at radius 3 is 2.73 bits per heavy atom. The summed E-state index contributed by atoms with van der Waals surface area (Å²) in [5.74, 6) is 0.0613. The second-order valence-electron chi connectivity index (χ2n) is 5.23. The molecule has 4 nitrogen and oxygen atoms in total. The number of carbonyl (C=O) groups excluding carboxylic acids is 1. The predicted molar refractivity (Wildman–Crippen MR) is 84.9 cm³/mol. The van der Waals surface area contributed by atoms with Crippen LogP contribution in [-0.4, -0.2) is 24.2 Å². The minimum absolute atomic E-state index is 0.384. The van der Waals surface area contributed by atoms with Gasteiger partial charge in [-0.15, -0.1) is 0 Å². The fourth-order valence-corrected chi connectivity index (χ4v) is 2.21. The zero-order valence-electron chi connectivity index (χ0n) is 13.0. The molecule has 0 fully saturated rings. The fourth-order valence-electron chi connectivity index (χ4n) is 2.21. The van der Waals surface area contributed by atoms with Gasteiger partial charge in [0.25, 0.3) is 0 Å². The van der Waals surface area contributed by atoms with Gasteiger partial charge in [0.1, 0.15) is 18.4 Å². The largest absolute Gasteiger partial charge is 0.423 e. The third-order valence-electron chi connectivity index (χ3n) is 3.50. The molecular weight excluding hydrogens is 278 g/mol. The van der Waals surface area contributed by atoms with Crippen molar-refractivity contribution in [1.29, 1.82) is 0 Å². The molecule has 0 heterocycles. The van der Waals surface area contributed by atoms with E-state index in [0.29, 0.717) is 17.9 Å². The van der Waals surface area contributed by atoms with Gasteiger partial charge in [0.05, 0.1) is 12.1 Å². The van der Waals surface area contributed by atoms with Gasteiger partial charge in [-0.3, -0.25) is 0 Å². The van der Waals surface area contributed by atoms with Crippen LogP contribution in [0.5, 0.6) is 5.75 Å². The standard InChI is InChI=1S/C18H21NO3/c1-3-19-12-17(20)14-8-6-9-15(11-14)22-18(21)16-10-5-4-7-13(16)2/h4-11,17,19-20H,3,12H2,1-2H3/p+1/t17-/m1/s1. The van der Waals surface area contributed by atoms with Crippen molar-refractivity contribution >= 4 is 5.97 Å². The lowest BCUT2D eigenvalue weighted by Gasteiger charge is -2.11. The van der Waals surface area contributed by atoms with Gasteiger partial charge in [-0.25, -0.2) is 4.79 Å². The molecule has 2 aromatic rings. The number of quaternary nitrogens is 1. The summed E-state index contributed by atoms with van der Waals surface area (Å²) in [6, 6.07) is 14.4. The third-order valence-corrected chi connectivity index (χ3v) is 3.50. The van der Waals surface area contributed by atoms with E-state index in [-0.39, 0.29) is 5.97 Å². The Hall–Kier alpha value is -2.17. The van der Waals surface area contributed by atoms with Crippen LogP contribution < -0.4 is 10.1 Å². The Labute approximate surface area is 130 Å². The van der Waals surface area contributed by atoms with Crippen LogP contribution >= 0.6 is 0 Å². The number of benzene rings is 2. The van der Waals surface area contributed by atoms with Gasteiger partial charge in [-0.2, -0.15) is 0 Å². The number of hydrogen-bond acceptors (Lipinski definition) is 3. The molecule has 116 valence electrons. The normalized spacial score (nSPS) is 12.0. The molecule has 0 spiro atoms. The number of aliphatic hydroxyl groups is 1. The van der Waals surface area contributed by atoms with Gasteiger partial charge in [-0.1, -0.05) is 30.3 Å². The molecule has 0 radical (unpaired) electrons. The molecule has 0 bridgehead atoms. The van der Waals surface area contributed by atoms with Crippen LogP contribution in [-0.2, 0) is 0 Å². The van der Waals surface area contributed by atoms with Crippen LogP contribution in [0.2, 0.25) is 0 Å². The van der Waals surface area contributed by atoms with E-state index in [1.165, 1.54) is 0 Å². The first kappa shape index (κ1) is 16.2. The van der Waals surface area contributed by atoms with Gasteiger partial charge in [0, 0.05) is 0 Å². The molecule has 3 N–H and O–H groups in total. The number of aliphatic hydroxyl groups excluding tert-OH is 1. The lowest BCUT2D eigenvalue weighted by molar-refractivity contribution is -0.658. The van der Waals surface area contributed by atoms with E-state index in [1.807, 2.05) is 43.4 Å². The SMILES string of the molecule is CC[NH2+]C[C@@H](O)c1cccc(OC(=O)c2ccccc2C)c1. The molecule has 0 aliphatic carbocycles. The van der Waals surface area contributed by atoms with E-state index in [2.05, 4.69) is 0 Å². The summed E-state index contributed by atoms with van der Waals surface area (Å²) < 4.78 is 5.42. The zero-order valence-corrected chi connectivity index (χ0v) is 13.0. The monoisotopic (exact) mass is 300 g/mol. The summed E-state index contributed by atoms with van der Waals surface area (Å²) >= 11 is 0. The highest BCUT2D eigenvalue weighted by Gasteiger charge is 2.13. The predicted octanol–water partition coefficient (Wildman–Crippen LogP) is 1.83. The highest BCUT2D eigenvalue weighted by molar-refractivity contribution is 5.92. The topological polar surface area (TPSA) is 63.1 Å². The maximum atomic E-state index is 12.2. The molecule has 2 rings (SSSR count). The van der Waals surface area contributed by atoms with Crippen molar-refractivity contribution in [2.24, 2.45) is 0 Å². The first-order valence-electron chi connectivity index (χ1n) is 7.49. The van der Waals surface area contributed by atoms with Crippen molar-refractivity contribution in [3.63, 3.8) is 0 Å².